The van der Waals surface area contributed by atoms with Gasteiger partial charge >= 0.3 is 0 Å². The van der Waals surface area contributed by atoms with E-state index in [0.29, 0.717) is 17.1 Å². The van der Waals surface area contributed by atoms with Gasteiger partial charge in [-0.1, -0.05) is 30.3 Å². The highest BCUT2D eigenvalue weighted by atomic mass is 16.1. The summed E-state index contributed by atoms with van der Waals surface area (Å²) >= 11 is 0. The largest absolute Gasteiger partial charge is 0.324 e. The molecule has 2 heterocycles. The van der Waals surface area contributed by atoms with Crippen LogP contribution in [0.2, 0.25) is 0 Å². The average Bonchev–Trinajstić information content (AvgIpc) is 2.97. The molecule has 4 rings (SSSR count). The number of para-hydroxylation sites is 2. The molecule has 0 aliphatic carbocycles. The Balaban J connectivity index is 2.04. The number of hydrogen-bond donors (Lipinski definition) is 1. The van der Waals surface area contributed by atoms with Crippen LogP contribution in [0.1, 0.15) is 0 Å². The maximum atomic E-state index is 12.4. The van der Waals surface area contributed by atoms with Gasteiger partial charge in [-0.2, -0.15) is 0 Å². The Morgan fingerprint density at radius 3 is 2.50 bits per heavy atom. The summed E-state index contributed by atoms with van der Waals surface area (Å²) in [5.74, 6) is 1.08. The SMILES string of the molecule is Cn1c(=O)c2ccccc2n2c(Nc3ccccc3)nnc12. The molecule has 22 heavy (non-hydrogen) atoms. The predicted molar refractivity (Wildman–Crippen MR) is 85.5 cm³/mol. The Morgan fingerprint density at radius 2 is 1.68 bits per heavy atom. The monoisotopic (exact) mass is 291 g/mol. The van der Waals surface area contributed by atoms with E-state index in [4.69, 9.17) is 0 Å². The molecule has 0 saturated heterocycles. The molecule has 1 N–H and O–H groups in total. The highest BCUT2D eigenvalue weighted by Gasteiger charge is 2.14. The van der Waals surface area contributed by atoms with Crippen molar-refractivity contribution in [2.45, 2.75) is 0 Å². The maximum absolute atomic E-state index is 12.4. The fourth-order valence-corrected chi connectivity index (χ4v) is 2.57. The highest BCUT2D eigenvalue weighted by Crippen LogP contribution is 2.19. The Labute approximate surface area is 125 Å². The van der Waals surface area contributed by atoms with Crippen LogP contribution in [0.3, 0.4) is 0 Å². The van der Waals surface area contributed by atoms with Gasteiger partial charge in [0.2, 0.25) is 11.7 Å². The topological polar surface area (TPSA) is 64.2 Å². The van der Waals surface area contributed by atoms with Crippen molar-refractivity contribution >= 4 is 28.3 Å². The molecule has 0 unspecified atom stereocenters. The first kappa shape index (κ1) is 12.6. The lowest BCUT2D eigenvalue weighted by Gasteiger charge is -2.08. The summed E-state index contributed by atoms with van der Waals surface area (Å²) in [6, 6.07) is 17.2. The van der Waals surface area contributed by atoms with Crippen molar-refractivity contribution in [3.05, 3.63) is 65.0 Å². The second-order valence-electron chi connectivity index (χ2n) is 5.03. The number of fused-ring (bicyclic) bond motifs is 3. The number of nitrogens with one attached hydrogen (secondary N) is 1. The lowest BCUT2D eigenvalue weighted by molar-refractivity contribution is 0.859. The van der Waals surface area contributed by atoms with Gasteiger partial charge in [-0.3, -0.25) is 9.36 Å². The van der Waals surface area contributed by atoms with E-state index < -0.39 is 0 Å². The fourth-order valence-electron chi connectivity index (χ4n) is 2.57. The predicted octanol–water partition coefficient (Wildman–Crippen LogP) is 2.32. The quantitative estimate of drug-likeness (QED) is 0.615. The van der Waals surface area contributed by atoms with Gasteiger partial charge in [0.1, 0.15) is 0 Å². The molecular weight excluding hydrogens is 278 g/mol. The smallest absolute Gasteiger partial charge is 0.262 e. The number of hydrogen-bond acceptors (Lipinski definition) is 4. The van der Waals surface area contributed by atoms with Gasteiger partial charge < -0.3 is 5.32 Å². The molecule has 0 aliphatic rings. The Kier molecular flexibility index (Phi) is 2.69. The van der Waals surface area contributed by atoms with E-state index in [2.05, 4.69) is 15.5 Å². The lowest BCUT2D eigenvalue weighted by Crippen LogP contribution is -2.20. The number of nitrogens with zero attached hydrogens (tertiary/aromatic N) is 4. The molecule has 0 aliphatic heterocycles. The molecule has 4 aromatic rings. The Morgan fingerprint density at radius 1 is 0.955 bits per heavy atom. The van der Waals surface area contributed by atoms with Gasteiger partial charge in [0.05, 0.1) is 10.9 Å². The van der Waals surface area contributed by atoms with Crippen molar-refractivity contribution < 1.29 is 0 Å². The summed E-state index contributed by atoms with van der Waals surface area (Å²) in [4.78, 5) is 12.4. The average molecular weight is 291 g/mol. The van der Waals surface area contributed by atoms with E-state index in [1.807, 2.05) is 59.0 Å². The molecule has 6 nitrogen and oxygen atoms in total. The van der Waals surface area contributed by atoms with Gasteiger partial charge in [0.25, 0.3) is 5.56 Å². The number of rotatable bonds is 2. The molecule has 2 aromatic heterocycles. The van der Waals surface area contributed by atoms with Crippen molar-refractivity contribution in [1.82, 2.24) is 19.2 Å². The minimum absolute atomic E-state index is 0.0817. The van der Waals surface area contributed by atoms with Crippen molar-refractivity contribution in [1.29, 1.82) is 0 Å². The summed E-state index contributed by atoms with van der Waals surface area (Å²) in [7, 11) is 1.70. The number of aryl methyl sites for hydroxylation is 1. The zero-order valence-electron chi connectivity index (χ0n) is 11.9. The summed E-state index contributed by atoms with van der Waals surface area (Å²) in [6.45, 7) is 0. The highest BCUT2D eigenvalue weighted by molar-refractivity contribution is 5.81. The lowest BCUT2D eigenvalue weighted by atomic mass is 10.2. The normalized spacial score (nSPS) is 11.1. The fraction of sp³-hybridized carbons (Fsp3) is 0.0625. The minimum Gasteiger partial charge on any atom is -0.324 e. The standard InChI is InChI=1S/C16H13N5O/c1-20-14(22)12-9-5-6-10-13(12)21-15(18-19-16(20)21)17-11-7-3-2-4-8-11/h2-10H,1H3,(H,17,18). The number of aromatic nitrogens is 4. The molecule has 2 aromatic carbocycles. The van der Waals surface area contributed by atoms with Crippen LogP contribution in [0, 0.1) is 0 Å². The van der Waals surface area contributed by atoms with E-state index in [9.17, 15) is 4.79 Å². The molecule has 0 fully saturated rings. The molecule has 0 amide bonds. The van der Waals surface area contributed by atoms with Crippen LogP contribution in [0.4, 0.5) is 11.6 Å². The maximum Gasteiger partial charge on any atom is 0.262 e. The van der Waals surface area contributed by atoms with E-state index >= 15 is 0 Å². The summed E-state index contributed by atoms with van der Waals surface area (Å²) in [5.41, 5.74) is 1.61. The van der Waals surface area contributed by atoms with Crippen LogP contribution in [0.5, 0.6) is 0 Å². The van der Waals surface area contributed by atoms with Gasteiger partial charge in [-0.05, 0) is 24.3 Å². The third-order valence-corrected chi connectivity index (χ3v) is 3.66. The minimum atomic E-state index is -0.0817. The number of anilines is 2. The summed E-state index contributed by atoms with van der Waals surface area (Å²) in [5, 5.41) is 12.2. The van der Waals surface area contributed by atoms with E-state index in [0.717, 1.165) is 11.2 Å². The molecular formula is C16H13N5O. The van der Waals surface area contributed by atoms with Gasteiger partial charge in [0.15, 0.2) is 0 Å². The molecule has 0 saturated carbocycles. The van der Waals surface area contributed by atoms with Crippen molar-refractivity contribution in [2.24, 2.45) is 7.05 Å². The van der Waals surface area contributed by atoms with Crippen LogP contribution in [0.15, 0.2) is 59.4 Å². The second kappa shape index (κ2) is 4.70. The molecule has 6 heteroatoms. The Hall–Kier alpha value is -3.15. The number of benzene rings is 2. The Bertz CT molecular complexity index is 1030. The zero-order chi connectivity index (χ0) is 15.1. The summed E-state index contributed by atoms with van der Waals surface area (Å²) < 4.78 is 3.36. The van der Waals surface area contributed by atoms with Crippen LogP contribution in [-0.2, 0) is 7.05 Å². The molecule has 108 valence electrons. The molecule has 0 radical (unpaired) electrons. The summed E-state index contributed by atoms with van der Waals surface area (Å²) in [6.07, 6.45) is 0. The molecule has 0 spiro atoms. The van der Waals surface area contributed by atoms with Crippen LogP contribution >= 0.6 is 0 Å². The van der Waals surface area contributed by atoms with Crippen LogP contribution < -0.4 is 10.9 Å². The first-order valence-corrected chi connectivity index (χ1v) is 6.90. The van der Waals surface area contributed by atoms with E-state index in [1.54, 1.807) is 7.05 Å². The second-order valence-corrected chi connectivity index (χ2v) is 5.03. The van der Waals surface area contributed by atoms with E-state index in [-0.39, 0.29) is 5.56 Å². The van der Waals surface area contributed by atoms with E-state index in [1.165, 1.54) is 4.57 Å². The third kappa shape index (κ3) is 1.77. The zero-order valence-corrected chi connectivity index (χ0v) is 11.9. The first-order valence-electron chi connectivity index (χ1n) is 6.90. The van der Waals surface area contributed by atoms with Gasteiger partial charge in [-0.15, -0.1) is 10.2 Å². The molecule has 0 atom stereocenters. The van der Waals surface area contributed by atoms with Crippen molar-refractivity contribution in [3.8, 4) is 0 Å². The van der Waals surface area contributed by atoms with Crippen LogP contribution in [-0.4, -0.2) is 19.2 Å². The van der Waals surface area contributed by atoms with Crippen molar-refractivity contribution in [2.75, 3.05) is 5.32 Å². The van der Waals surface area contributed by atoms with Gasteiger partial charge in [-0.25, -0.2) is 4.40 Å². The van der Waals surface area contributed by atoms with Crippen molar-refractivity contribution in [3.63, 3.8) is 0 Å². The third-order valence-electron chi connectivity index (χ3n) is 3.66. The molecule has 0 bridgehead atoms. The van der Waals surface area contributed by atoms with Gasteiger partial charge in [0, 0.05) is 12.7 Å². The van der Waals surface area contributed by atoms with Crippen LogP contribution in [0.25, 0.3) is 16.7 Å². The first-order chi connectivity index (χ1) is 10.8.